The summed E-state index contributed by atoms with van der Waals surface area (Å²) in [5.74, 6) is -1.09. The molecule has 1 fully saturated rings. The van der Waals surface area contributed by atoms with Crippen molar-refractivity contribution >= 4 is 17.0 Å². The molecule has 0 radical (unpaired) electrons. The molecule has 1 saturated heterocycles. The third-order valence-corrected chi connectivity index (χ3v) is 8.30. The van der Waals surface area contributed by atoms with Crippen LogP contribution in [0.2, 0.25) is 0 Å². The number of thiazole rings is 1. The zero-order chi connectivity index (χ0) is 30.0. The Morgan fingerprint density at radius 2 is 1.69 bits per heavy atom. The Morgan fingerprint density at radius 3 is 2.33 bits per heavy atom. The fourth-order valence-electron chi connectivity index (χ4n) is 5.30. The van der Waals surface area contributed by atoms with Crippen LogP contribution in [0.3, 0.4) is 0 Å². The van der Waals surface area contributed by atoms with E-state index in [0.29, 0.717) is 38.3 Å². The van der Waals surface area contributed by atoms with Crippen LogP contribution in [-0.4, -0.2) is 45.2 Å². The van der Waals surface area contributed by atoms with Crippen molar-refractivity contribution in [3.63, 3.8) is 0 Å². The highest BCUT2D eigenvalue weighted by atomic mass is 32.1. The van der Waals surface area contributed by atoms with Crippen molar-refractivity contribution in [3.05, 3.63) is 114 Å². The molecule has 0 aliphatic carbocycles. The zero-order valence-corrected chi connectivity index (χ0v) is 23.7. The van der Waals surface area contributed by atoms with Crippen LogP contribution < -0.4 is 21.9 Å². The average molecular weight is 603 g/mol. The van der Waals surface area contributed by atoms with E-state index in [2.05, 4.69) is 9.88 Å². The SMILES string of the molecule is Cc1c(N2CCN(Cc3nccs3)CC2)c(=O)n(CC(N)c2ccccc2)c(=O)n1Cc1c(F)cccc1C(F)(F)F. The van der Waals surface area contributed by atoms with Gasteiger partial charge in [-0.3, -0.25) is 18.8 Å². The lowest BCUT2D eigenvalue weighted by atomic mass is 10.1. The first kappa shape index (κ1) is 29.7. The van der Waals surface area contributed by atoms with Crippen molar-refractivity contribution in [2.75, 3.05) is 31.1 Å². The number of anilines is 1. The quantitative estimate of drug-likeness (QED) is 0.307. The molecule has 0 amide bonds. The van der Waals surface area contributed by atoms with Crippen LogP contribution in [0.25, 0.3) is 0 Å². The number of nitrogens with zero attached hydrogens (tertiary/aromatic N) is 5. The molecule has 0 saturated carbocycles. The number of rotatable bonds is 8. The molecule has 8 nitrogen and oxygen atoms in total. The second kappa shape index (κ2) is 12.2. The molecule has 5 rings (SSSR count). The number of piperazine rings is 1. The second-order valence-electron chi connectivity index (χ2n) is 10.2. The van der Waals surface area contributed by atoms with Gasteiger partial charge in [-0.1, -0.05) is 36.4 Å². The summed E-state index contributed by atoms with van der Waals surface area (Å²) in [4.78, 5) is 36.0. The Labute approximate surface area is 243 Å². The summed E-state index contributed by atoms with van der Waals surface area (Å²) in [5.41, 5.74) is 4.13. The first-order chi connectivity index (χ1) is 20.0. The van der Waals surface area contributed by atoms with Crippen molar-refractivity contribution in [1.29, 1.82) is 0 Å². The van der Waals surface area contributed by atoms with Gasteiger partial charge in [0.05, 0.1) is 25.2 Å². The number of hydrogen-bond donors (Lipinski definition) is 1. The van der Waals surface area contributed by atoms with Gasteiger partial charge in [0.1, 0.15) is 16.5 Å². The minimum absolute atomic E-state index is 0.166. The molecule has 1 unspecified atom stereocenters. The number of benzene rings is 2. The minimum atomic E-state index is -4.84. The normalized spacial score (nSPS) is 15.2. The highest BCUT2D eigenvalue weighted by Crippen LogP contribution is 2.33. The van der Waals surface area contributed by atoms with Crippen LogP contribution in [0.5, 0.6) is 0 Å². The summed E-state index contributed by atoms with van der Waals surface area (Å²) >= 11 is 1.55. The molecule has 1 aliphatic heterocycles. The molecule has 2 aromatic heterocycles. The summed E-state index contributed by atoms with van der Waals surface area (Å²) in [6.07, 6.45) is -3.10. The monoisotopic (exact) mass is 602 g/mol. The van der Waals surface area contributed by atoms with E-state index < -0.39 is 47.0 Å². The van der Waals surface area contributed by atoms with Gasteiger partial charge in [0.15, 0.2) is 0 Å². The highest BCUT2D eigenvalue weighted by Gasteiger charge is 2.35. The van der Waals surface area contributed by atoms with Gasteiger partial charge in [-0.25, -0.2) is 14.2 Å². The first-order valence-corrected chi connectivity index (χ1v) is 14.3. The summed E-state index contributed by atoms with van der Waals surface area (Å²) in [6.45, 7) is 3.35. The highest BCUT2D eigenvalue weighted by molar-refractivity contribution is 7.09. The molecular weight excluding hydrogens is 572 g/mol. The molecule has 2 N–H and O–H groups in total. The molecule has 4 aromatic rings. The lowest BCUT2D eigenvalue weighted by molar-refractivity contribution is -0.138. The number of alkyl halides is 3. The van der Waals surface area contributed by atoms with E-state index in [4.69, 9.17) is 5.73 Å². The van der Waals surface area contributed by atoms with Gasteiger partial charge in [0.25, 0.3) is 5.56 Å². The fraction of sp³-hybridized carbons (Fsp3) is 0.345. The smallest absolute Gasteiger partial charge is 0.363 e. The summed E-state index contributed by atoms with van der Waals surface area (Å²) in [6, 6.07) is 10.8. The Hall–Kier alpha value is -3.81. The third-order valence-electron chi connectivity index (χ3n) is 7.54. The van der Waals surface area contributed by atoms with Crippen molar-refractivity contribution in [3.8, 4) is 0 Å². The van der Waals surface area contributed by atoms with Crippen molar-refractivity contribution < 1.29 is 17.6 Å². The maximum Gasteiger partial charge on any atom is 0.416 e. The predicted octanol–water partition coefficient (Wildman–Crippen LogP) is 4.00. The largest absolute Gasteiger partial charge is 0.416 e. The molecular formula is C29H30F4N6O2S. The van der Waals surface area contributed by atoms with E-state index in [1.807, 2.05) is 10.3 Å². The maximum absolute atomic E-state index is 14.9. The Morgan fingerprint density at radius 1 is 0.976 bits per heavy atom. The summed E-state index contributed by atoms with van der Waals surface area (Å²) in [5, 5.41) is 2.87. The molecule has 42 heavy (non-hydrogen) atoms. The molecule has 0 spiro atoms. The average Bonchev–Trinajstić information content (AvgIpc) is 3.48. The Kier molecular flexibility index (Phi) is 8.62. The molecule has 1 aliphatic rings. The molecule has 0 bridgehead atoms. The number of hydrogen-bond acceptors (Lipinski definition) is 7. The first-order valence-electron chi connectivity index (χ1n) is 13.4. The van der Waals surface area contributed by atoms with E-state index in [1.54, 1.807) is 47.9 Å². The van der Waals surface area contributed by atoms with E-state index in [0.717, 1.165) is 32.3 Å². The van der Waals surface area contributed by atoms with Gasteiger partial charge >= 0.3 is 11.9 Å². The molecule has 222 valence electrons. The van der Waals surface area contributed by atoms with E-state index >= 15 is 0 Å². The van der Waals surface area contributed by atoms with Crippen LogP contribution in [0.1, 0.15) is 33.4 Å². The summed E-state index contributed by atoms with van der Waals surface area (Å²) in [7, 11) is 0. The third kappa shape index (κ3) is 6.18. The molecule has 13 heteroatoms. The fourth-order valence-corrected chi connectivity index (χ4v) is 5.95. The van der Waals surface area contributed by atoms with E-state index in [-0.39, 0.29) is 17.9 Å². The van der Waals surface area contributed by atoms with Crippen molar-refractivity contribution in [2.24, 2.45) is 5.73 Å². The molecule has 3 heterocycles. The van der Waals surface area contributed by atoms with Gasteiger partial charge in [0.2, 0.25) is 0 Å². The number of aromatic nitrogens is 3. The number of nitrogens with two attached hydrogens (primary N) is 1. The predicted molar refractivity (Wildman–Crippen MR) is 153 cm³/mol. The van der Waals surface area contributed by atoms with E-state index in [9.17, 15) is 27.2 Å². The van der Waals surface area contributed by atoms with Gasteiger partial charge in [-0.2, -0.15) is 13.2 Å². The van der Waals surface area contributed by atoms with Crippen molar-refractivity contribution in [2.45, 2.75) is 38.8 Å². The topological polar surface area (TPSA) is 89.4 Å². The van der Waals surface area contributed by atoms with E-state index in [1.165, 1.54) is 6.92 Å². The lowest BCUT2D eigenvalue weighted by Crippen LogP contribution is -2.51. The van der Waals surface area contributed by atoms with Gasteiger partial charge in [-0.05, 0) is 24.6 Å². The van der Waals surface area contributed by atoms with Crippen LogP contribution in [0, 0.1) is 12.7 Å². The van der Waals surface area contributed by atoms with Gasteiger partial charge < -0.3 is 10.6 Å². The molecule has 2 aromatic carbocycles. The Balaban J connectivity index is 1.56. The van der Waals surface area contributed by atoms with Crippen LogP contribution in [-0.2, 0) is 25.8 Å². The maximum atomic E-state index is 14.9. The number of halogens is 4. The van der Waals surface area contributed by atoms with Gasteiger partial charge in [0, 0.05) is 55.1 Å². The van der Waals surface area contributed by atoms with Crippen LogP contribution in [0.15, 0.2) is 69.7 Å². The van der Waals surface area contributed by atoms with Crippen LogP contribution in [0.4, 0.5) is 23.2 Å². The lowest BCUT2D eigenvalue weighted by Gasteiger charge is -2.36. The standard InChI is InChI=1S/C29H30F4N6O2S/c1-19-26(37-13-11-36(12-14-37)18-25-35-10-15-42-25)27(40)39(17-24(34)20-6-3-2-4-7-20)28(41)38(19)16-21-22(29(31,32)33)8-5-9-23(21)30/h2-10,15,24H,11-14,16-18,34H2,1H3. The van der Waals surface area contributed by atoms with Crippen LogP contribution >= 0.6 is 11.3 Å². The zero-order valence-electron chi connectivity index (χ0n) is 22.9. The second-order valence-corrected chi connectivity index (χ2v) is 11.2. The van der Waals surface area contributed by atoms with Crippen molar-refractivity contribution in [1.82, 2.24) is 19.0 Å². The molecule has 1 atom stereocenters. The minimum Gasteiger partial charge on any atom is -0.363 e. The van der Waals surface area contributed by atoms with Gasteiger partial charge in [-0.15, -0.1) is 11.3 Å². The summed E-state index contributed by atoms with van der Waals surface area (Å²) < 4.78 is 58.4. The Bertz CT molecular complexity index is 1650.